The first-order valence-corrected chi connectivity index (χ1v) is 6.80. The molecule has 0 aliphatic rings. The minimum Gasteiger partial charge on any atom is -0.457 e. The van der Waals surface area contributed by atoms with Crippen molar-refractivity contribution in [2.24, 2.45) is 0 Å². The fourth-order valence-electron chi connectivity index (χ4n) is 2.09. The lowest BCUT2D eigenvalue weighted by Crippen LogP contribution is -2.03. The van der Waals surface area contributed by atoms with Gasteiger partial charge in [-0.3, -0.25) is 4.79 Å². The number of ketones is 1. The van der Waals surface area contributed by atoms with Crippen LogP contribution in [0.1, 0.15) is 16.1 Å². The lowest BCUT2D eigenvalue weighted by atomic mass is 10.1. The summed E-state index contributed by atoms with van der Waals surface area (Å²) >= 11 is 0. The molecule has 3 heteroatoms. The van der Waals surface area contributed by atoms with E-state index in [1.807, 2.05) is 60.8 Å². The molecule has 0 radical (unpaired) electrons. The Morgan fingerprint density at radius 3 is 2.24 bits per heavy atom. The summed E-state index contributed by atoms with van der Waals surface area (Å²) in [4.78, 5) is 15.2. The van der Waals surface area contributed by atoms with E-state index < -0.39 is 0 Å². The van der Waals surface area contributed by atoms with E-state index in [1.165, 1.54) is 0 Å². The minimum absolute atomic E-state index is 0.0868. The first-order chi connectivity index (χ1) is 10.3. The molecule has 1 N–H and O–H groups in total. The maximum absolute atomic E-state index is 12.1. The molecule has 3 nitrogen and oxygen atoms in total. The van der Waals surface area contributed by atoms with E-state index >= 15 is 0 Å². The van der Waals surface area contributed by atoms with Crippen molar-refractivity contribution in [3.63, 3.8) is 0 Å². The third-order valence-corrected chi connectivity index (χ3v) is 3.17. The summed E-state index contributed by atoms with van der Waals surface area (Å²) in [7, 11) is 0. The van der Waals surface area contributed by atoms with Crippen LogP contribution in [0.15, 0.2) is 72.9 Å². The molecule has 21 heavy (non-hydrogen) atoms. The Balaban J connectivity index is 1.68. The van der Waals surface area contributed by atoms with Gasteiger partial charge in [0.2, 0.25) is 0 Å². The van der Waals surface area contributed by atoms with Crippen molar-refractivity contribution < 1.29 is 9.53 Å². The number of carbonyl (C=O) groups is 1. The highest BCUT2D eigenvalue weighted by Crippen LogP contribution is 2.21. The molecule has 0 saturated carbocycles. The van der Waals surface area contributed by atoms with Crippen molar-refractivity contribution in [1.82, 2.24) is 4.98 Å². The first kappa shape index (κ1) is 13.2. The molecule has 1 aromatic heterocycles. The zero-order valence-corrected chi connectivity index (χ0v) is 11.5. The number of para-hydroxylation sites is 1. The van der Waals surface area contributed by atoms with Crippen LogP contribution in [-0.4, -0.2) is 10.8 Å². The highest BCUT2D eigenvalue weighted by atomic mass is 16.5. The zero-order chi connectivity index (χ0) is 14.5. The van der Waals surface area contributed by atoms with E-state index in [1.54, 1.807) is 12.1 Å². The molecule has 0 aliphatic heterocycles. The van der Waals surface area contributed by atoms with E-state index in [2.05, 4.69) is 4.98 Å². The maximum Gasteiger partial charge on any atom is 0.168 e. The number of ether oxygens (including phenoxy) is 1. The summed E-state index contributed by atoms with van der Waals surface area (Å²) in [5, 5.41) is 0. The second kappa shape index (κ2) is 6.09. The zero-order valence-electron chi connectivity index (χ0n) is 11.5. The summed E-state index contributed by atoms with van der Waals surface area (Å²) in [5.41, 5.74) is 1.61. The van der Waals surface area contributed by atoms with Gasteiger partial charge in [0.05, 0.1) is 6.42 Å². The van der Waals surface area contributed by atoms with Crippen molar-refractivity contribution in [3.05, 3.63) is 84.2 Å². The molecule has 104 valence electrons. The van der Waals surface area contributed by atoms with Gasteiger partial charge >= 0.3 is 0 Å². The SMILES string of the molecule is O=C(Cc1ccc[nH]1)c1ccc(Oc2ccccc2)cc1. The van der Waals surface area contributed by atoms with Gasteiger partial charge in [0.1, 0.15) is 11.5 Å². The van der Waals surface area contributed by atoms with Gasteiger partial charge in [-0.05, 0) is 48.5 Å². The van der Waals surface area contributed by atoms with Gasteiger partial charge in [0.15, 0.2) is 5.78 Å². The van der Waals surface area contributed by atoms with Crippen LogP contribution in [0.5, 0.6) is 11.5 Å². The van der Waals surface area contributed by atoms with E-state index in [-0.39, 0.29) is 5.78 Å². The molecule has 0 fully saturated rings. The summed E-state index contributed by atoms with van der Waals surface area (Å²) in [5.74, 6) is 1.59. The monoisotopic (exact) mass is 277 g/mol. The minimum atomic E-state index is 0.0868. The molecule has 0 unspecified atom stereocenters. The molecular weight excluding hydrogens is 262 g/mol. The van der Waals surface area contributed by atoms with Crippen LogP contribution in [-0.2, 0) is 6.42 Å². The normalized spacial score (nSPS) is 10.3. The molecule has 3 aromatic rings. The lowest BCUT2D eigenvalue weighted by Gasteiger charge is -2.06. The predicted octanol–water partition coefficient (Wildman–Crippen LogP) is 4.23. The van der Waals surface area contributed by atoms with Crippen LogP contribution < -0.4 is 4.74 Å². The molecule has 0 spiro atoms. The average Bonchev–Trinajstić information content (AvgIpc) is 3.02. The van der Waals surface area contributed by atoms with Gasteiger partial charge in [0, 0.05) is 17.5 Å². The van der Waals surface area contributed by atoms with Crippen LogP contribution in [0.2, 0.25) is 0 Å². The first-order valence-electron chi connectivity index (χ1n) is 6.80. The number of rotatable bonds is 5. The standard InChI is InChI=1S/C18H15NO2/c20-18(13-15-5-4-12-19-15)14-8-10-17(11-9-14)21-16-6-2-1-3-7-16/h1-12,19H,13H2. The number of carbonyl (C=O) groups excluding carboxylic acids is 1. The van der Waals surface area contributed by atoms with Crippen molar-refractivity contribution in [3.8, 4) is 11.5 Å². The van der Waals surface area contributed by atoms with E-state index in [0.29, 0.717) is 12.0 Å². The average molecular weight is 277 g/mol. The molecule has 3 rings (SSSR count). The van der Waals surface area contributed by atoms with E-state index in [0.717, 1.165) is 17.2 Å². The molecule has 0 amide bonds. The quantitative estimate of drug-likeness (QED) is 0.709. The number of Topliss-reactive ketones (excluding diaryl/α,β-unsaturated/α-hetero) is 1. The second-order valence-corrected chi connectivity index (χ2v) is 4.73. The summed E-state index contributed by atoms with van der Waals surface area (Å²) in [6.45, 7) is 0. The predicted molar refractivity (Wildman–Crippen MR) is 81.8 cm³/mol. The van der Waals surface area contributed by atoms with Crippen LogP contribution in [0.25, 0.3) is 0 Å². The lowest BCUT2D eigenvalue weighted by molar-refractivity contribution is 0.0992. The van der Waals surface area contributed by atoms with Gasteiger partial charge in [0.25, 0.3) is 0 Å². The number of hydrogen-bond acceptors (Lipinski definition) is 2. The van der Waals surface area contributed by atoms with E-state index in [9.17, 15) is 4.79 Å². The summed E-state index contributed by atoms with van der Waals surface area (Å²) in [6, 6.07) is 20.6. The number of hydrogen-bond donors (Lipinski definition) is 1. The fourth-order valence-corrected chi connectivity index (χ4v) is 2.09. The number of nitrogens with one attached hydrogen (secondary N) is 1. The van der Waals surface area contributed by atoms with Crippen LogP contribution in [0.4, 0.5) is 0 Å². The van der Waals surface area contributed by atoms with Gasteiger partial charge < -0.3 is 9.72 Å². The maximum atomic E-state index is 12.1. The van der Waals surface area contributed by atoms with Crippen LogP contribution >= 0.6 is 0 Å². The second-order valence-electron chi connectivity index (χ2n) is 4.73. The molecule has 1 heterocycles. The molecule has 0 atom stereocenters. The Hall–Kier alpha value is -2.81. The van der Waals surface area contributed by atoms with Crippen molar-refractivity contribution in [2.75, 3.05) is 0 Å². The molecule has 0 aliphatic carbocycles. The Morgan fingerprint density at radius 1 is 0.857 bits per heavy atom. The Labute approximate surface area is 123 Å². The number of aromatic nitrogens is 1. The number of aromatic amines is 1. The summed E-state index contributed by atoms with van der Waals surface area (Å²) < 4.78 is 5.70. The summed E-state index contributed by atoms with van der Waals surface area (Å²) in [6.07, 6.45) is 2.20. The Kier molecular flexibility index (Phi) is 3.83. The van der Waals surface area contributed by atoms with Crippen molar-refractivity contribution in [2.45, 2.75) is 6.42 Å². The van der Waals surface area contributed by atoms with Gasteiger partial charge in [-0.2, -0.15) is 0 Å². The Bertz CT molecular complexity index is 701. The topological polar surface area (TPSA) is 42.1 Å². The third kappa shape index (κ3) is 3.39. The van der Waals surface area contributed by atoms with E-state index in [4.69, 9.17) is 4.74 Å². The van der Waals surface area contributed by atoms with Gasteiger partial charge in [-0.15, -0.1) is 0 Å². The third-order valence-electron chi connectivity index (χ3n) is 3.17. The smallest absolute Gasteiger partial charge is 0.168 e. The number of H-pyrrole nitrogens is 1. The van der Waals surface area contributed by atoms with Crippen molar-refractivity contribution in [1.29, 1.82) is 0 Å². The Morgan fingerprint density at radius 2 is 1.57 bits per heavy atom. The molecule has 0 saturated heterocycles. The molecular formula is C18H15NO2. The fraction of sp³-hybridized carbons (Fsp3) is 0.0556. The van der Waals surface area contributed by atoms with Gasteiger partial charge in [-0.1, -0.05) is 18.2 Å². The van der Waals surface area contributed by atoms with Crippen LogP contribution in [0.3, 0.4) is 0 Å². The largest absolute Gasteiger partial charge is 0.457 e. The highest BCUT2D eigenvalue weighted by molar-refractivity contribution is 5.97. The highest BCUT2D eigenvalue weighted by Gasteiger charge is 2.07. The van der Waals surface area contributed by atoms with Gasteiger partial charge in [-0.25, -0.2) is 0 Å². The molecule has 2 aromatic carbocycles. The van der Waals surface area contributed by atoms with Crippen molar-refractivity contribution >= 4 is 5.78 Å². The number of benzene rings is 2. The van der Waals surface area contributed by atoms with Crippen LogP contribution in [0, 0.1) is 0 Å². The molecule has 0 bridgehead atoms.